The van der Waals surface area contributed by atoms with Crippen molar-refractivity contribution in [3.63, 3.8) is 0 Å². The van der Waals surface area contributed by atoms with Crippen LogP contribution in [0.25, 0.3) is 5.65 Å². The van der Waals surface area contributed by atoms with Gasteiger partial charge in [-0.25, -0.2) is 13.4 Å². The van der Waals surface area contributed by atoms with E-state index in [4.69, 9.17) is 0 Å². The van der Waals surface area contributed by atoms with Gasteiger partial charge < -0.3 is 10.6 Å². The van der Waals surface area contributed by atoms with Crippen molar-refractivity contribution < 1.29 is 18.0 Å². The lowest BCUT2D eigenvalue weighted by molar-refractivity contribution is 0.102. The van der Waals surface area contributed by atoms with Crippen molar-refractivity contribution in [3.8, 4) is 0 Å². The lowest BCUT2D eigenvalue weighted by Gasteiger charge is -2.07. The molecule has 0 saturated carbocycles. The maximum absolute atomic E-state index is 12.6. The molecule has 0 bridgehead atoms. The molecule has 3 heterocycles. The quantitative estimate of drug-likeness (QED) is 0.412. The van der Waals surface area contributed by atoms with E-state index >= 15 is 0 Å². The Morgan fingerprint density at radius 3 is 2.61 bits per heavy atom. The molecule has 0 unspecified atom stereocenters. The number of nitrogens with one attached hydrogen (secondary N) is 3. The Hall–Kier alpha value is -3.70. The SMILES string of the molecule is CS(=O)(=O)Nc1cccc(NC(=O)c2cc(C(=O)Nc3cnc4ccccn34)cs2)c1. The third-order valence-electron chi connectivity index (χ3n) is 4.17. The third-order valence-corrected chi connectivity index (χ3v) is 5.70. The summed E-state index contributed by atoms with van der Waals surface area (Å²) in [6, 6.07) is 13.3. The van der Waals surface area contributed by atoms with Gasteiger partial charge in [0.2, 0.25) is 10.0 Å². The van der Waals surface area contributed by atoms with Gasteiger partial charge in [-0.15, -0.1) is 11.3 Å². The van der Waals surface area contributed by atoms with Gasteiger partial charge in [-0.2, -0.15) is 0 Å². The van der Waals surface area contributed by atoms with Crippen molar-refractivity contribution in [1.82, 2.24) is 9.38 Å². The van der Waals surface area contributed by atoms with Crippen molar-refractivity contribution >= 4 is 56.0 Å². The second-order valence-corrected chi connectivity index (χ2v) is 9.29. The minimum atomic E-state index is -3.43. The van der Waals surface area contributed by atoms with Crippen LogP contribution in [0.2, 0.25) is 0 Å². The Morgan fingerprint density at radius 2 is 1.81 bits per heavy atom. The molecule has 9 nitrogen and oxygen atoms in total. The number of hydrogen-bond acceptors (Lipinski definition) is 6. The predicted octanol–water partition coefficient (Wildman–Crippen LogP) is 3.27. The second-order valence-electron chi connectivity index (χ2n) is 6.64. The molecule has 0 fully saturated rings. The summed E-state index contributed by atoms with van der Waals surface area (Å²) in [5, 5.41) is 7.07. The summed E-state index contributed by atoms with van der Waals surface area (Å²) in [5.41, 5.74) is 1.80. The Morgan fingerprint density at radius 1 is 1.00 bits per heavy atom. The molecule has 0 spiro atoms. The number of carbonyl (C=O) groups excluding carboxylic acids is 2. The number of nitrogens with zero attached hydrogens (tertiary/aromatic N) is 2. The van der Waals surface area contributed by atoms with Gasteiger partial charge in [-0.05, 0) is 36.4 Å². The Bertz CT molecular complexity index is 1390. The summed E-state index contributed by atoms with van der Waals surface area (Å²) >= 11 is 1.13. The highest BCUT2D eigenvalue weighted by atomic mass is 32.2. The topological polar surface area (TPSA) is 122 Å². The van der Waals surface area contributed by atoms with E-state index in [1.54, 1.807) is 40.4 Å². The number of hydrogen-bond donors (Lipinski definition) is 3. The number of sulfonamides is 1. The molecule has 2 amide bonds. The second kappa shape index (κ2) is 8.20. The summed E-state index contributed by atoms with van der Waals surface area (Å²) in [6.07, 6.45) is 4.39. The van der Waals surface area contributed by atoms with Gasteiger partial charge in [0.1, 0.15) is 11.5 Å². The number of thiophene rings is 1. The number of carbonyl (C=O) groups is 2. The number of benzene rings is 1. The van der Waals surface area contributed by atoms with E-state index in [0.717, 1.165) is 17.6 Å². The monoisotopic (exact) mass is 455 g/mol. The fourth-order valence-corrected chi connectivity index (χ4v) is 4.19. The van der Waals surface area contributed by atoms with E-state index in [1.807, 2.05) is 18.2 Å². The maximum Gasteiger partial charge on any atom is 0.265 e. The average molecular weight is 456 g/mol. The molecule has 0 aliphatic carbocycles. The number of rotatable bonds is 6. The van der Waals surface area contributed by atoms with Crippen molar-refractivity contribution in [2.75, 3.05) is 21.6 Å². The highest BCUT2D eigenvalue weighted by molar-refractivity contribution is 7.92. The number of anilines is 3. The summed E-state index contributed by atoms with van der Waals surface area (Å²) in [4.78, 5) is 29.7. The Kier molecular flexibility index (Phi) is 5.44. The lowest BCUT2D eigenvalue weighted by Crippen LogP contribution is -2.14. The summed E-state index contributed by atoms with van der Waals surface area (Å²) < 4.78 is 26.8. The van der Waals surface area contributed by atoms with Gasteiger partial charge in [-0.1, -0.05) is 12.1 Å². The number of fused-ring (bicyclic) bond motifs is 1. The van der Waals surface area contributed by atoms with Crippen molar-refractivity contribution in [3.05, 3.63) is 76.7 Å². The Labute approximate surface area is 181 Å². The zero-order valence-corrected chi connectivity index (χ0v) is 17.8. The molecule has 158 valence electrons. The molecule has 0 aliphatic heterocycles. The first-order valence-electron chi connectivity index (χ1n) is 9.00. The molecule has 4 rings (SSSR count). The fourth-order valence-electron chi connectivity index (χ4n) is 2.86. The maximum atomic E-state index is 12.6. The first-order valence-corrected chi connectivity index (χ1v) is 11.8. The van der Waals surface area contributed by atoms with Gasteiger partial charge in [-0.3, -0.25) is 18.7 Å². The summed E-state index contributed by atoms with van der Waals surface area (Å²) in [7, 11) is -3.43. The summed E-state index contributed by atoms with van der Waals surface area (Å²) in [6.45, 7) is 0. The van der Waals surface area contributed by atoms with Crippen LogP contribution < -0.4 is 15.4 Å². The van der Waals surface area contributed by atoms with Gasteiger partial charge in [0.15, 0.2) is 0 Å². The Balaban J connectivity index is 1.45. The van der Waals surface area contributed by atoms with E-state index < -0.39 is 15.9 Å². The van der Waals surface area contributed by atoms with Crippen LogP contribution in [0.3, 0.4) is 0 Å². The van der Waals surface area contributed by atoms with Crippen molar-refractivity contribution in [1.29, 1.82) is 0 Å². The van der Waals surface area contributed by atoms with E-state index in [2.05, 4.69) is 20.3 Å². The normalized spacial score (nSPS) is 11.3. The van der Waals surface area contributed by atoms with Crippen molar-refractivity contribution in [2.24, 2.45) is 0 Å². The lowest BCUT2D eigenvalue weighted by atomic mass is 10.2. The molecule has 0 aliphatic rings. The highest BCUT2D eigenvalue weighted by Gasteiger charge is 2.15. The number of aromatic nitrogens is 2. The van der Waals surface area contributed by atoms with E-state index in [1.165, 1.54) is 12.1 Å². The molecule has 3 aromatic heterocycles. The molecule has 31 heavy (non-hydrogen) atoms. The average Bonchev–Trinajstić information content (AvgIpc) is 3.35. The molecule has 0 radical (unpaired) electrons. The summed E-state index contributed by atoms with van der Waals surface area (Å²) in [5.74, 6) is -0.247. The van der Waals surface area contributed by atoms with Crippen LogP contribution in [0, 0.1) is 0 Å². The minimum absolute atomic E-state index is 0.333. The third kappa shape index (κ3) is 4.90. The zero-order chi connectivity index (χ0) is 22.0. The van der Waals surface area contributed by atoms with Crippen LogP contribution in [0.4, 0.5) is 17.2 Å². The molecular weight excluding hydrogens is 438 g/mol. The van der Waals surface area contributed by atoms with Crippen LogP contribution in [0.1, 0.15) is 20.0 Å². The van der Waals surface area contributed by atoms with E-state index in [-0.39, 0.29) is 5.91 Å². The molecule has 0 saturated heterocycles. The molecular formula is C20H17N5O4S2. The van der Waals surface area contributed by atoms with Gasteiger partial charge in [0, 0.05) is 17.3 Å². The molecule has 11 heteroatoms. The standard InChI is InChI=1S/C20H17N5O4S2/c1-31(28,29)24-15-6-4-5-14(10-15)22-20(27)16-9-13(12-30-16)19(26)23-18-11-21-17-7-2-3-8-25(17)18/h2-12,24H,1H3,(H,22,27)(H,23,26). The first kappa shape index (κ1) is 20.6. The van der Waals surface area contributed by atoms with Crippen LogP contribution in [0.15, 0.2) is 66.3 Å². The van der Waals surface area contributed by atoms with Crippen LogP contribution in [0.5, 0.6) is 0 Å². The van der Waals surface area contributed by atoms with E-state index in [0.29, 0.717) is 33.3 Å². The molecule has 3 N–H and O–H groups in total. The van der Waals surface area contributed by atoms with Crippen LogP contribution >= 0.6 is 11.3 Å². The van der Waals surface area contributed by atoms with Gasteiger partial charge in [0.25, 0.3) is 11.8 Å². The fraction of sp³-hybridized carbons (Fsp3) is 0.0500. The molecule has 1 aromatic carbocycles. The minimum Gasteiger partial charge on any atom is -0.321 e. The molecule has 4 aromatic rings. The predicted molar refractivity (Wildman–Crippen MR) is 120 cm³/mol. The van der Waals surface area contributed by atoms with Gasteiger partial charge >= 0.3 is 0 Å². The zero-order valence-electron chi connectivity index (χ0n) is 16.2. The van der Waals surface area contributed by atoms with E-state index in [9.17, 15) is 18.0 Å². The highest BCUT2D eigenvalue weighted by Crippen LogP contribution is 2.21. The largest absolute Gasteiger partial charge is 0.321 e. The van der Waals surface area contributed by atoms with Crippen LogP contribution in [-0.2, 0) is 10.0 Å². The number of amides is 2. The van der Waals surface area contributed by atoms with Crippen LogP contribution in [-0.4, -0.2) is 35.9 Å². The number of pyridine rings is 1. The number of imidazole rings is 1. The molecule has 0 atom stereocenters. The smallest absolute Gasteiger partial charge is 0.265 e. The van der Waals surface area contributed by atoms with Gasteiger partial charge in [0.05, 0.1) is 28.6 Å². The van der Waals surface area contributed by atoms with Crippen molar-refractivity contribution in [2.45, 2.75) is 0 Å². The first-order chi connectivity index (χ1) is 14.8.